The van der Waals surface area contributed by atoms with Crippen molar-refractivity contribution >= 4 is 5.82 Å². The monoisotopic (exact) mass is 393 g/mol. The number of benzene rings is 1. The molecule has 7 nitrogen and oxygen atoms in total. The molecule has 0 radical (unpaired) electrons. The van der Waals surface area contributed by atoms with E-state index in [9.17, 15) is 23.4 Å². The summed E-state index contributed by atoms with van der Waals surface area (Å²) < 4.78 is 41.5. The van der Waals surface area contributed by atoms with Gasteiger partial charge >= 0.3 is 6.18 Å². The van der Waals surface area contributed by atoms with Gasteiger partial charge in [-0.25, -0.2) is 9.97 Å². The Bertz CT molecular complexity index is 1020. The highest BCUT2D eigenvalue weighted by Gasteiger charge is 2.54. The molecule has 0 aliphatic heterocycles. The number of alkyl halides is 3. The van der Waals surface area contributed by atoms with Crippen LogP contribution < -0.4 is 5.73 Å². The van der Waals surface area contributed by atoms with E-state index in [2.05, 4.69) is 15.1 Å². The summed E-state index contributed by atoms with van der Waals surface area (Å²) in [6, 6.07) is 3.68. The summed E-state index contributed by atoms with van der Waals surface area (Å²) in [7, 11) is 1.72. The zero-order valence-corrected chi connectivity index (χ0v) is 15.1. The van der Waals surface area contributed by atoms with E-state index >= 15 is 0 Å². The van der Waals surface area contributed by atoms with Crippen molar-refractivity contribution in [2.45, 2.75) is 18.7 Å². The number of aliphatic hydroxyl groups is 2. The Hall–Kier alpha value is -2.98. The molecule has 0 bridgehead atoms. The van der Waals surface area contributed by atoms with Crippen molar-refractivity contribution in [3.8, 4) is 22.5 Å². The highest BCUT2D eigenvalue weighted by Crippen LogP contribution is 2.40. The van der Waals surface area contributed by atoms with Crippen LogP contribution in [0.1, 0.15) is 11.1 Å². The molecule has 3 rings (SSSR count). The first-order valence-corrected chi connectivity index (χ1v) is 8.20. The molecule has 148 valence electrons. The van der Waals surface area contributed by atoms with Gasteiger partial charge in [-0.15, -0.1) is 0 Å². The number of halogens is 3. The van der Waals surface area contributed by atoms with Crippen LogP contribution in [0.5, 0.6) is 0 Å². The van der Waals surface area contributed by atoms with Crippen LogP contribution in [0, 0.1) is 6.92 Å². The minimum Gasteiger partial charge on any atom is -0.393 e. The quantitative estimate of drug-likeness (QED) is 0.627. The maximum absolute atomic E-state index is 13.3. The van der Waals surface area contributed by atoms with E-state index in [0.29, 0.717) is 22.4 Å². The number of aryl methyl sites for hydroxylation is 2. The molecule has 10 heteroatoms. The molecule has 0 spiro atoms. The first-order valence-electron chi connectivity index (χ1n) is 8.20. The molecular weight excluding hydrogens is 375 g/mol. The van der Waals surface area contributed by atoms with Crippen molar-refractivity contribution in [3.63, 3.8) is 0 Å². The summed E-state index contributed by atoms with van der Waals surface area (Å²) in [6.45, 7) is 0.180. The second kappa shape index (κ2) is 6.88. The van der Waals surface area contributed by atoms with Crippen molar-refractivity contribution in [2.24, 2.45) is 7.05 Å². The van der Waals surface area contributed by atoms with Crippen molar-refractivity contribution in [2.75, 3.05) is 12.3 Å². The smallest absolute Gasteiger partial charge is 0.393 e. The standard InChI is InChI=1S/C18H18F3N5O2/c1-10-3-4-12(17(28,9-27)18(19,20)21)5-13(10)14-7-23-16(22)15(25-14)11-6-24-26(2)8-11/h3-8,27-28H,9H2,1-2H3,(H2,22,23). The molecule has 3 aromatic rings. The van der Waals surface area contributed by atoms with Crippen molar-refractivity contribution in [3.05, 3.63) is 47.9 Å². The zero-order chi connectivity index (χ0) is 20.7. The van der Waals surface area contributed by atoms with Gasteiger partial charge in [0.05, 0.1) is 24.7 Å². The van der Waals surface area contributed by atoms with Gasteiger partial charge in [-0.2, -0.15) is 18.3 Å². The Morgan fingerprint density at radius 1 is 1.21 bits per heavy atom. The summed E-state index contributed by atoms with van der Waals surface area (Å²) in [6.07, 6.45) is -0.488. The lowest BCUT2D eigenvalue weighted by Crippen LogP contribution is -2.45. The van der Waals surface area contributed by atoms with Crippen LogP contribution in [0.15, 0.2) is 36.8 Å². The van der Waals surface area contributed by atoms with Crippen molar-refractivity contribution < 1.29 is 23.4 Å². The van der Waals surface area contributed by atoms with E-state index in [1.807, 2.05) is 0 Å². The maximum Gasteiger partial charge on any atom is 0.423 e. The van der Waals surface area contributed by atoms with E-state index in [0.717, 1.165) is 12.1 Å². The molecule has 1 atom stereocenters. The van der Waals surface area contributed by atoms with Gasteiger partial charge in [-0.05, 0) is 24.1 Å². The van der Waals surface area contributed by atoms with Crippen molar-refractivity contribution in [1.29, 1.82) is 0 Å². The molecule has 4 N–H and O–H groups in total. The maximum atomic E-state index is 13.3. The largest absolute Gasteiger partial charge is 0.423 e. The third-order valence-electron chi connectivity index (χ3n) is 4.47. The molecule has 0 saturated carbocycles. The lowest BCUT2D eigenvalue weighted by atomic mass is 9.90. The second-order valence-electron chi connectivity index (χ2n) is 6.44. The number of nitrogens with two attached hydrogens (primary N) is 1. The van der Waals surface area contributed by atoms with Gasteiger partial charge in [0, 0.05) is 24.4 Å². The highest BCUT2D eigenvalue weighted by molar-refractivity contribution is 5.73. The third-order valence-corrected chi connectivity index (χ3v) is 4.47. The molecule has 0 fully saturated rings. The summed E-state index contributed by atoms with van der Waals surface area (Å²) in [5.74, 6) is 0.146. The summed E-state index contributed by atoms with van der Waals surface area (Å²) >= 11 is 0. The van der Waals surface area contributed by atoms with E-state index in [1.54, 1.807) is 31.0 Å². The van der Waals surface area contributed by atoms with Gasteiger partial charge in [0.15, 0.2) is 0 Å². The molecule has 28 heavy (non-hydrogen) atoms. The fraction of sp³-hybridized carbons (Fsp3) is 0.278. The predicted molar refractivity (Wildman–Crippen MR) is 95.9 cm³/mol. The topological polar surface area (TPSA) is 110 Å². The van der Waals surface area contributed by atoms with Gasteiger partial charge < -0.3 is 15.9 Å². The van der Waals surface area contributed by atoms with Crippen LogP contribution in [0.25, 0.3) is 22.5 Å². The third kappa shape index (κ3) is 3.32. The molecule has 0 aliphatic rings. The Kier molecular flexibility index (Phi) is 4.86. The lowest BCUT2D eigenvalue weighted by molar-refractivity contribution is -0.277. The number of nitrogens with zero attached hydrogens (tertiary/aromatic N) is 4. The van der Waals surface area contributed by atoms with Crippen LogP contribution in [0.2, 0.25) is 0 Å². The SMILES string of the molecule is Cc1ccc(C(O)(CO)C(F)(F)F)cc1-c1cnc(N)c(-c2cnn(C)c2)n1. The molecule has 2 heterocycles. The van der Waals surface area contributed by atoms with Gasteiger partial charge in [0.2, 0.25) is 5.60 Å². The molecule has 2 aromatic heterocycles. The zero-order valence-electron chi connectivity index (χ0n) is 15.1. The number of hydrogen-bond acceptors (Lipinski definition) is 6. The first kappa shape index (κ1) is 19.8. The van der Waals surface area contributed by atoms with Crippen molar-refractivity contribution in [1.82, 2.24) is 19.7 Å². The minimum absolute atomic E-state index is 0.146. The molecular formula is C18H18F3N5O2. The number of anilines is 1. The number of hydrogen-bond donors (Lipinski definition) is 3. The van der Waals surface area contributed by atoms with E-state index in [-0.39, 0.29) is 11.5 Å². The normalized spacial score (nSPS) is 14.1. The summed E-state index contributed by atoms with van der Waals surface area (Å²) in [4.78, 5) is 8.52. The fourth-order valence-electron chi connectivity index (χ4n) is 2.78. The Balaban J connectivity index is 2.15. The summed E-state index contributed by atoms with van der Waals surface area (Å²) in [5, 5.41) is 23.3. The number of aliphatic hydroxyl groups excluding tert-OH is 1. The van der Waals surface area contributed by atoms with E-state index in [4.69, 9.17) is 5.73 Å². The number of aromatic nitrogens is 4. The fourth-order valence-corrected chi connectivity index (χ4v) is 2.78. The van der Waals surface area contributed by atoms with Crippen LogP contribution in [0.4, 0.5) is 19.0 Å². The molecule has 1 unspecified atom stereocenters. The molecule has 0 saturated heterocycles. The average Bonchev–Trinajstić information content (AvgIpc) is 3.07. The van der Waals surface area contributed by atoms with Gasteiger partial charge in [0.25, 0.3) is 0 Å². The van der Waals surface area contributed by atoms with Gasteiger partial charge in [0.1, 0.15) is 11.5 Å². The van der Waals surface area contributed by atoms with Gasteiger partial charge in [-0.1, -0.05) is 12.1 Å². The Morgan fingerprint density at radius 3 is 2.50 bits per heavy atom. The lowest BCUT2D eigenvalue weighted by Gasteiger charge is -2.29. The number of nitrogen functional groups attached to an aromatic ring is 1. The summed E-state index contributed by atoms with van der Waals surface area (Å²) in [5.41, 5.74) is 4.16. The number of rotatable bonds is 4. The van der Waals surface area contributed by atoms with Crippen LogP contribution in [0.3, 0.4) is 0 Å². The Labute approximate surface area is 158 Å². The highest BCUT2D eigenvalue weighted by atomic mass is 19.4. The van der Waals surface area contributed by atoms with Crippen LogP contribution in [-0.2, 0) is 12.6 Å². The Morgan fingerprint density at radius 2 is 1.93 bits per heavy atom. The molecule has 1 aromatic carbocycles. The van der Waals surface area contributed by atoms with E-state index in [1.165, 1.54) is 12.3 Å². The van der Waals surface area contributed by atoms with Crippen LogP contribution in [-0.4, -0.2) is 42.7 Å². The predicted octanol–water partition coefficient (Wildman–Crippen LogP) is 2.18. The van der Waals surface area contributed by atoms with Crippen LogP contribution >= 0.6 is 0 Å². The first-order chi connectivity index (χ1) is 13.1. The minimum atomic E-state index is -5.05. The van der Waals surface area contributed by atoms with Gasteiger partial charge in [-0.3, -0.25) is 4.68 Å². The molecule has 0 aliphatic carbocycles. The molecule has 0 amide bonds. The van der Waals surface area contributed by atoms with E-state index < -0.39 is 23.9 Å². The second-order valence-corrected chi connectivity index (χ2v) is 6.44. The average molecular weight is 393 g/mol.